The molecular formula is C43H32O10. The zero-order chi connectivity index (χ0) is 37.5. The Balaban J connectivity index is 1.05. The Morgan fingerprint density at radius 3 is 1.04 bits per heavy atom. The Kier molecular flexibility index (Phi) is 10.3. The van der Waals surface area contributed by atoms with Gasteiger partial charge in [-0.3, -0.25) is 0 Å². The Hall–Kier alpha value is -7.20. The van der Waals surface area contributed by atoms with Crippen molar-refractivity contribution in [2.75, 3.05) is 0 Å². The molecule has 0 spiro atoms. The highest BCUT2D eigenvalue weighted by Crippen LogP contribution is 2.34. The smallest absolute Gasteiger partial charge is 0.343 e. The molecule has 0 bridgehead atoms. The molecule has 10 heteroatoms. The van der Waals surface area contributed by atoms with E-state index >= 15 is 0 Å². The minimum atomic E-state index is -0.685. The van der Waals surface area contributed by atoms with E-state index in [1.54, 1.807) is 48.5 Å². The van der Waals surface area contributed by atoms with Crippen LogP contribution in [0.4, 0.5) is 0 Å². The lowest BCUT2D eigenvalue weighted by atomic mass is 9.78. The molecule has 264 valence electrons. The van der Waals surface area contributed by atoms with Gasteiger partial charge in [0.1, 0.15) is 34.5 Å². The summed E-state index contributed by atoms with van der Waals surface area (Å²) in [6.07, 6.45) is 0. The quantitative estimate of drug-likeness (QED) is 0.105. The number of aromatic hydroxyl groups is 2. The molecule has 0 unspecified atom stereocenters. The highest BCUT2D eigenvalue weighted by atomic mass is 16.5. The summed E-state index contributed by atoms with van der Waals surface area (Å²) in [6, 6.07) is 37.7. The van der Waals surface area contributed by atoms with Gasteiger partial charge in [0.25, 0.3) is 0 Å². The maximum absolute atomic E-state index is 12.9. The number of hydrogen-bond donors (Lipinski definition) is 2. The first-order valence-electron chi connectivity index (χ1n) is 16.3. The summed E-state index contributed by atoms with van der Waals surface area (Å²) in [5, 5.41) is 19.3. The van der Waals surface area contributed by atoms with Crippen molar-refractivity contribution >= 4 is 23.9 Å². The summed E-state index contributed by atoms with van der Waals surface area (Å²) in [5.74, 6) is -1.87. The monoisotopic (exact) mass is 708 g/mol. The average Bonchev–Trinajstić information content (AvgIpc) is 3.15. The molecule has 0 fully saturated rings. The fraction of sp³-hybridized carbons (Fsp3) is 0.0698. The van der Waals surface area contributed by atoms with Crippen molar-refractivity contribution in [1.29, 1.82) is 0 Å². The van der Waals surface area contributed by atoms with Crippen molar-refractivity contribution in [2.24, 2.45) is 0 Å². The van der Waals surface area contributed by atoms with E-state index in [4.69, 9.17) is 18.9 Å². The van der Waals surface area contributed by atoms with Gasteiger partial charge in [-0.1, -0.05) is 62.4 Å². The number of carbonyl (C=O) groups excluding carboxylic acids is 4. The third kappa shape index (κ3) is 8.76. The van der Waals surface area contributed by atoms with Crippen LogP contribution in [0.2, 0.25) is 0 Å². The van der Waals surface area contributed by atoms with Crippen LogP contribution in [0.1, 0.15) is 66.4 Å². The minimum absolute atomic E-state index is 0.0708. The molecule has 0 atom stereocenters. The molecule has 53 heavy (non-hydrogen) atoms. The molecule has 0 saturated carbocycles. The lowest BCUT2D eigenvalue weighted by Crippen LogP contribution is -2.19. The third-order valence-electron chi connectivity index (χ3n) is 8.30. The summed E-state index contributed by atoms with van der Waals surface area (Å²) in [5.41, 5.74) is 2.06. The van der Waals surface area contributed by atoms with Gasteiger partial charge in [0.2, 0.25) is 0 Å². The molecule has 0 saturated heterocycles. The van der Waals surface area contributed by atoms with Gasteiger partial charge < -0.3 is 29.2 Å². The van der Waals surface area contributed by atoms with E-state index in [0.29, 0.717) is 11.5 Å². The van der Waals surface area contributed by atoms with E-state index in [2.05, 4.69) is 0 Å². The first kappa shape index (κ1) is 35.6. The minimum Gasteiger partial charge on any atom is -0.508 e. The molecule has 0 aromatic heterocycles. The van der Waals surface area contributed by atoms with Gasteiger partial charge >= 0.3 is 23.9 Å². The molecule has 0 amide bonds. The number of benzene rings is 6. The van der Waals surface area contributed by atoms with Gasteiger partial charge in [-0.25, -0.2) is 19.2 Å². The fourth-order valence-electron chi connectivity index (χ4n) is 5.35. The van der Waals surface area contributed by atoms with Crippen molar-refractivity contribution in [1.82, 2.24) is 0 Å². The number of phenolic OH excluding ortho intramolecular Hbond substituents is 2. The molecule has 0 radical (unpaired) electrons. The van der Waals surface area contributed by atoms with Crippen LogP contribution in [-0.2, 0) is 5.41 Å². The zero-order valence-corrected chi connectivity index (χ0v) is 28.5. The molecule has 6 rings (SSSR count). The highest BCUT2D eigenvalue weighted by molar-refractivity contribution is 5.94. The second kappa shape index (κ2) is 15.4. The SMILES string of the molecule is CC(C)(c1ccc(OC(=O)c2cccc(OC(=O)c3cccc(O)c3)c2)cc1)c1ccc(OC(=O)c2cccc(OC(=O)c3cccc(O)c3)c2)cc1. The van der Waals surface area contributed by atoms with E-state index in [1.807, 2.05) is 38.1 Å². The molecular weight excluding hydrogens is 676 g/mol. The predicted octanol–water partition coefficient (Wildman–Crippen LogP) is 8.30. The summed E-state index contributed by atoms with van der Waals surface area (Å²) >= 11 is 0. The first-order chi connectivity index (χ1) is 25.4. The van der Waals surface area contributed by atoms with Crippen LogP contribution in [0, 0.1) is 0 Å². The van der Waals surface area contributed by atoms with Crippen LogP contribution >= 0.6 is 0 Å². The number of carbonyl (C=O) groups is 4. The molecule has 2 N–H and O–H groups in total. The van der Waals surface area contributed by atoms with Gasteiger partial charge in [0.05, 0.1) is 22.3 Å². The summed E-state index contributed by atoms with van der Waals surface area (Å²) in [6.45, 7) is 4.06. The van der Waals surface area contributed by atoms with Crippen LogP contribution in [0.5, 0.6) is 34.5 Å². The van der Waals surface area contributed by atoms with Crippen molar-refractivity contribution in [3.8, 4) is 34.5 Å². The zero-order valence-electron chi connectivity index (χ0n) is 28.5. The summed E-state index contributed by atoms with van der Waals surface area (Å²) in [7, 11) is 0. The van der Waals surface area contributed by atoms with E-state index in [-0.39, 0.29) is 45.3 Å². The standard InChI is InChI=1S/C43H32O10/c1-43(2,31-15-19-35(20-16-31)50-41(48)29-9-5-13-37(25-29)52-39(46)27-7-3-11-33(44)23-27)32-17-21-36(22-18-32)51-42(49)30-10-6-14-38(26-30)53-40(47)28-8-4-12-34(45)24-28/h3-26,44-45H,1-2H3. The Morgan fingerprint density at radius 1 is 0.396 bits per heavy atom. The summed E-state index contributed by atoms with van der Waals surface area (Å²) < 4.78 is 21.9. The van der Waals surface area contributed by atoms with E-state index < -0.39 is 29.3 Å². The Labute approximate surface area is 304 Å². The summed E-state index contributed by atoms with van der Waals surface area (Å²) in [4.78, 5) is 50.8. The van der Waals surface area contributed by atoms with E-state index in [0.717, 1.165) is 11.1 Å². The lowest BCUT2D eigenvalue weighted by Gasteiger charge is -2.26. The van der Waals surface area contributed by atoms with Gasteiger partial charge in [0, 0.05) is 5.41 Å². The van der Waals surface area contributed by atoms with E-state index in [1.165, 1.54) is 72.8 Å². The Bertz CT molecular complexity index is 2150. The fourth-order valence-corrected chi connectivity index (χ4v) is 5.35. The van der Waals surface area contributed by atoms with Gasteiger partial charge in [-0.15, -0.1) is 0 Å². The predicted molar refractivity (Wildman–Crippen MR) is 194 cm³/mol. The third-order valence-corrected chi connectivity index (χ3v) is 8.30. The van der Waals surface area contributed by atoms with Crippen LogP contribution in [0.15, 0.2) is 146 Å². The number of hydrogen-bond acceptors (Lipinski definition) is 10. The van der Waals surface area contributed by atoms with Gasteiger partial charge in [-0.05, 0) is 108 Å². The van der Waals surface area contributed by atoms with Crippen molar-refractivity contribution in [3.05, 3.63) is 179 Å². The van der Waals surface area contributed by atoms with Crippen molar-refractivity contribution < 1.29 is 48.3 Å². The molecule has 0 aliphatic carbocycles. The van der Waals surface area contributed by atoms with Crippen molar-refractivity contribution in [3.63, 3.8) is 0 Å². The van der Waals surface area contributed by atoms with Gasteiger partial charge in [-0.2, -0.15) is 0 Å². The number of rotatable bonds is 10. The first-order valence-corrected chi connectivity index (χ1v) is 16.3. The maximum Gasteiger partial charge on any atom is 0.343 e. The molecule has 0 heterocycles. The number of ether oxygens (including phenoxy) is 4. The van der Waals surface area contributed by atoms with Crippen LogP contribution in [-0.4, -0.2) is 34.1 Å². The molecule has 0 aliphatic rings. The second-order valence-electron chi connectivity index (χ2n) is 12.4. The van der Waals surface area contributed by atoms with Crippen molar-refractivity contribution in [2.45, 2.75) is 19.3 Å². The molecule has 6 aromatic carbocycles. The van der Waals surface area contributed by atoms with E-state index in [9.17, 15) is 29.4 Å². The number of esters is 4. The van der Waals surface area contributed by atoms with Crippen LogP contribution in [0.3, 0.4) is 0 Å². The van der Waals surface area contributed by atoms with Crippen LogP contribution in [0.25, 0.3) is 0 Å². The number of phenols is 2. The average molecular weight is 709 g/mol. The molecule has 0 aliphatic heterocycles. The maximum atomic E-state index is 12.9. The normalized spacial score (nSPS) is 10.9. The topological polar surface area (TPSA) is 146 Å². The molecule has 10 nitrogen and oxygen atoms in total. The largest absolute Gasteiger partial charge is 0.508 e. The highest BCUT2D eigenvalue weighted by Gasteiger charge is 2.24. The lowest BCUT2D eigenvalue weighted by molar-refractivity contribution is 0.0714. The van der Waals surface area contributed by atoms with Gasteiger partial charge in [0.15, 0.2) is 0 Å². The van der Waals surface area contributed by atoms with Crippen LogP contribution < -0.4 is 18.9 Å². The Morgan fingerprint density at radius 2 is 0.698 bits per heavy atom. The second-order valence-corrected chi connectivity index (χ2v) is 12.4. The molecule has 6 aromatic rings.